The zero-order chi connectivity index (χ0) is 18.5. The smallest absolute Gasteiger partial charge is 0.450 e. The largest absolute Gasteiger partial charge is 0.503 e. The van der Waals surface area contributed by atoms with Gasteiger partial charge in [-0.15, -0.1) is 0 Å². The summed E-state index contributed by atoms with van der Waals surface area (Å²) < 4.78 is 9.70. The predicted octanol–water partition coefficient (Wildman–Crippen LogP) is 3.33. The second-order valence-corrected chi connectivity index (χ2v) is 5.51. The number of benzene rings is 1. The number of alkyl carbamates (subject to hydrolysis) is 1. The van der Waals surface area contributed by atoms with Gasteiger partial charge in [-0.1, -0.05) is 37.5 Å². The molecule has 1 aromatic rings. The lowest BCUT2D eigenvalue weighted by Crippen LogP contribution is -2.31. The molecule has 1 amide bonds. The van der Waals surface area contributed by atoms with Crippen LogP contribution in [0.3, 0.4) is 0 Å². The zero-order valence-corrected chi connectivity index (χ0v) is 13.8. The molecule has 25 heavy (non-hydrogen) atoms. The van der Waals surface area contributed by atoms with E-state index in [0.717, 1.165) is 12.8 Å². The summed E-state index contributed by atoms with van der Waals surface area (Å²) >= 11 is 0. The third-order valence-electron chi connectivity index (χ3n) is 3.65. The van der Waals surface area contributed by atoms with Crippen LogP contribution in [0.1, 0.15) is 42.5 Å². The van der Waals surface area contributed by atoms with Crippen molar-refractivity contribution in [2.45, 2.75) is 32.1 Å². The van der Waals surface area contributed by atoms with Crippen LogP contribution in [-0.2, 0) is 9.47 Å². The summed E-state index contributed by atoms with van der Waals surface area (Å²) in [5.41, 5.74) is 0.434. The van der Waals surface area contributed by atoms with Gasteiger partial charge in [-0.3, -0.25) is 0 Å². The first-order valence-corrected chi connectivity index (χ1v) is 8.03. The average molecular weight is 353 g/mol. The number of carbonyl (C=O) groups is 3. The minimum absolute atomic E-state index is 0.371. The van der Waals surface area contributed by atoms with E-state index in [1.165, 1.54) is 19.3 Å². The van der Waals surface area contributed by atoms with Crippen LogP contribution >= 0.6 is 0 Å². The highest BCUT2D eigenvalue weighted by atomic mass is 16.7. The fourth-order valence-electron chi connectivity index (χ4n) is 2.46. The first-order valence-electron chi connectivity index (χ1n) is 8.03. The van der Waals surface area contributed by atoms with Crippen molar-refractivity contribution in [2.24, 2.45) is 5.92 Å². The number of carbonyl (C=O) groups excluding carboxylic acids is 2. The normalized spacial score (nSPS) is 13.8. The molecule has 1 aliphatic carbocycles. The molecule has 8 heteroatoms. The van der Waals surface area contributed by atoms with Crippen molar-refractivity contribution in [1.82, 2.24) is 5.32 Å². The molecule has 1 fully saturated rings. The van der Waals surface area contributed by atoms with Crippen LogP contribution in [0.5, 0.6) is 0 Å². The van der Waals surface area contributed by atoms with Gasteiger partial charge in [0.05, 0.1) is 5.56 Å². The lowest BCUT2D eigenvalue weighted by Gasteiger charge is -2.21. The Morgan fingerprint density at radius 2 is 1.60 bits per heavy atom. The highest BCUT2D eigenvalue weighted by Crippen LogP contribution is 2.22. The third kappa shape index (κ3) is 9.85. The average Bonchev–Trinajstić information content (AvgIpc) is 2.61. The molecule has 1 aromatic carbocycles. The Kier molecular flexibility index (Phi) is 9.50. The molecule has 0 atom stereocenters. The summed E-state index contributed by atoms with van der Waals surface area (Å²) in [6.07, 6.45) is 3.69. The van der Waals surface area contributed by atoms with Crippen molar-refractivity contribution < 1.29 is 34.1 Å². The molecule has 1 saturated carbocycles. The molecular weight excluding hydrogens is 330 g/mol. The maximum atomic E-state index is 11.6. The molecule has 8 nitrogen and oxygen atoms in total. The summed E-state index contributed by atoms with van der Waals surface area (Å²) in [7, 11) is 0. The lowest BCUT2D eigenvalue weighted by atomic mass is 9.89. The van der Waals surface area contributed by atoms with E-state index in [2.05, 4.69) is 5.32 Å². The molecular formula is C17H23NO7. The van der Waals surface area contributed by atoms with E-state index in [1.54, 1.807) is 24.3 Å². The van der Waals surface area contributed by atoms with Crippen LogP contribution in [0.2, 0.25) is 0 Å². The fourth-order valence-corrected chi connectivity index (χ4v) is 2.46. The lowest BCUT2D eigenvalue weighted by molar-refractivity contribution is -0.00257. The van der Waals surface area contributed by atoms with Crippen LogP contribution < -0.4 is 5.32 Å². The van der Waals surface area contributed by atoms with Crippen molar-refractivity contribution in [1.29, 1.82) is 0 Å². The van der Waals surface area contributed by atoms with Crippen LogP contribution in [0.25, 0.3) is 0 Å². The van der Waals surface area contributed by atoms with Gasteiger partial charge in [0.25, 0.3) is 0 Å². The number of nitrogens with one attached hydrogen (secondary N) is 1. The van der Waals surface area contributed by atoms with E-state index in [0.29, 0.717) is 18.0 Å². The molecule has 0 unspecified atom stereocenters. The standard InChI is InChI=1S/C16H21NO4.CH2O3/c18-15(14-9-5-2-6-10-14)20-12-21-16(19)17-11-13-7-3-1-4-8-13;2-1(3)4/h2,5-6,9-10,13H,1,3-4,7-8,11-12H2,(H,17,19);(H2,2,3,4). The van der Waals surface area contributed by atoms with Crippen molar-refractivity contribution in [3.63, 3.8) is 0 Å². The van der Waals surface area contributed by atoms with Crippen molar-refractivity contribution in [2.75, 3.05) is 13.3 Å². The van der Waals surface area contributed by atoms with E-state index < -0.39 is 18.2 Å². The number of esters is 1. The summed E-state index contributed by atoms with van der Waals surface area (Å²) in [5.74, 6) is 0.0360. The number of ether oxygens (including phenoxy) is 2. The molecule has 2 rings (SSSR count). The minimum Gasteiger partial charge on any atom is -0.450 e. The second-order valence-electron chi connectivity index (χ2n) is 5.51. The molecule has 0 aromatic heterocycles. The van der Waals surface area contributed by atoms with Crippen molar-refractivity contribution >= 4 is 18.2 Å². The molecule has 138 valence electrons. The first kappa shape index (κ1) is 20.3. The minimum atomic E-state index is -1.83. The maximum absolute atomic E-state index is 11.6. The Morgan fingerprint density at radius 1 is 1.00 bits per heavy atom. The Bertz CT molecular complexity index is 537. The summed E-state index contributed by atoms with van der Waals surface area (Å²) in [6.45, 7) is 0.260. The van der Waals surface area contributed by atoms with Gasteiger partial charge in [0.1, 0.15) is 0 Å². The Hall–Kier alpha value is -2.77. The van der Waals surface area contributed by atoms with Gasteiger partial charge < -0.3 is 25.0 Å². The molecule has 0 saturated heterocycles. The van der Waals surface area contributed by atoms with Crippen LogP contribution in [0, 0.1) is 5.92 Å². The van der Waals surface area contributed by atoms with Crippen LogP contribution in [0.15, 0.2) is 30.3 Å². The molecule has 3 N–H and O–H groups in total. The summed E-state index contributed by atoms with van der Waals surface area (Å²) in [6, 6.07) is 8.59. The SMILES string of the molecule is O=C(NCC1CCCCC1)OCOC(=O)c1ccccc1.O=C(O)O. The highest BCUT2D eigenvalue weighted by Gasteiger charge is 2.15. The number of hydrogen-bond acceptors (Lipinski definition) is 5. The van der Waals surface area contributed by atoms with Gasteiger partial charge in [-0.2, -0.15) is 0 Å². The Balaban J connectivity index is 0.000000705. The van der Waals surface area contributed by atoms with Gasteiger partial charge in [0.15, 0.2) is 0 Å². The predicted molar refractivity (Wildman–Crippen MR) is 88.4 cm³/mol. The molecule has 0 radical (unpaired) electrons. The maximum Gasteiger partial charge on any atom is 0.503 e. The highest BCUT2D eigenvalue weighted by molar-refractivity contribution is 5.89. The first-order chi connectivity index (χ1) is 12.0. The monoisotopic (exact) mass is 353 g/mol. The molecule has 1 aliphatic rings. The van der Waals surface area contributed by atoms with Gasteiger partial charge in [-0.05, 0) is 30.9 Å². The number of amides is 1. The molecule has 0 heterocycles. The van der Waals surface area contributed by atoms with E-state index in [-0.39, 0.29) is 6.79 Å². The fraction of sp³-hybridized carbons (Fsp3) is 0.471. The summed E-state index contributed by atoms with van der Waals surface area (Å²) in [5, 5.41) is 16.7. The Labute approximate surface area is 145 Å². The van der Waals surface area contributed by atoms with Gasteiger partial charge in [0.2, 0.25) is 6.79 Å². The molecule has 0 aliphatic heterocycles. The van der Waals surface area contributed by atoms with E-state index in [4.69, 9.17) is 24.5 Å². The van der Waals surface area contributed by atoms with Crippen molar-refractivity contribution in [3.8, 4) is 0 Å². The number of carboxylic acid groups (broad SMARTS) is 2. The van der Waals surface area contributed by atoms with E-state index >= 15 is 0 Å². The number of rotatable bonds is 5. The molecule has 0 bridgehead atoms. The topological polar surface area (TPSA) is 122 Å². The Morgan fingerprint density at radius 3 is 2.20 bits per heavy atom. The van der Waals surface area contributed by atoms with Gasteiger partial charge >= 0.3 is 18.2 Å². The van der Waals surface area contributed by atoms with Crippen LogP contribution in [0.4, 0.5) is 9.59 Å². The van der Waals surface area contributed by atoms with Crippen molar-refractivity contribution in [3.05, 3.63) is 35.9 Å². The van der Waals surface area contributed by atoms with E-state index in [9.17, 15) is 9.59 Å². The van der Waals surface area contributed by atoms with E-state index in [1.807, 2.05) is 6.07 Å². The zero-order valence-electron chi connectivity index (χ0n) is 13.8. The van der Waals surface area contributed by atoms with Gasteiger partial charge in [-0.25, -0.2) is 14.4 Å². The quantitative estimate of drug-likeness (QED) is 0.548. The second kappa shape index (κ2) is 11.7. The van der Waals surface area contributed by atoms with Crippen LogP contribution in [-0.4, -0.2) is 41.8 Å². The summed E-state index contributed by atoms with van der Waals surface area (Å²) in [4.78, 5) is 31.6. The number of hydrogen-bond donors (Lipinski definition) is 3. The third-order valence-corrected chi connectivity index (χ3v) is 3.65. The molecule has 0 spiro atoms. The van der Waals surface area contributed by atoms with Gasteiger partial charge in [0, 0.05) is 6.54 Å².